The van der Waals surface area contributed by atoms with E-state index in [1.54, 1.807) is 0 Å². The second-order valence-corrected chi connectivity index (χ2v) is 3.92. The molecule has 4 heteroatoms. The van der Waals surface area contributed by atoms with E-state index < -0.39 is 0 Å². The summed E-state index contributed by atoms with van der Waals surface area (Å²) < 4.78 is 1.82. The molecule has 0 unspecified atom stereocenters. The Morgan fingerprint density at radius 3 is 2.81 bits per heavy atom. The number of rotatable bonds is 4. The van der Waals surface area contributed by atoms with E-state index in [-0.39, 0.29) is 0 Å². The Bertz CT molecular complexity index is 444. The van der Waals surface area contributed by atoms with Gasteiger partial charge in [0.05, 0.1) is 6.20 Å². The maximum Gasteiger partial charge on any atom is 0.125 e. The third-order valence-corrected chi connectivity index (χ3v) is 2.39. The van der Waals surface area contributed by atoms with Gasteiger partial charge in [-0.2, -0.15) is 5.10 Å². The van der Waals surface area contributed by atoms with Crippen LogP contribution in [0, 0.1) is 6.92 Å². The lowest BCUT2D eigenvalue weighted by molar-refractivity contribution is 0.767. The average Bonchev–Trinajstić information content (AvgIpc) is 2.67. The van der Waals surface area contributed by atoms with Crippen LogP contribution in [0.5, 0.6) is 0 Å². The van der Waals surface area contributed by atoms with Crippen LogP contribution in [-0.2, 0) is 13.5 Å². The summed E-state index contributed by atoms with van der Waals surface area (Å²) >= 11 is 0. The molecule has 0 saturated heterocycles. The molecular formula is C12H16N4. The van der Waals surface area contributed by atoms with Crippen molar-refractivity contribution in [3.63, 3.8) is 0 Å². The molecule has 2 rings (SSSR count). The largest absolute Gasteiger partial charge is 0.370 e. The fraction of sp³-hybridized carbons (Fsp3) is 0.333. The van der Waals surface area contributed by atoms with Gasteiger partial charge in [0.15, 0.2) is 0 Å². The Hall–Kier alpha value is -1.84. The van der Waals surface area contributed by atoms with Crippen molar-refractivity contribution in [3.8, 4) is 0 Å². The molecule has 84 valence electrons. The van der Waals surface area contributed by atoms with Crippen LogP contribution >= 0.6 is 0 Å². The van der Waals surface area contributed by atoms with Gasteiger partial charge in [0.1, 0.15) is 5.82 Å². The van der Waals surface area contributed by atoms with Crippen molar-refractivity contribution in [2.75, 3.05) is 11.9 Å². The molecule has 0 aliphatic rings. The van der Waals surface area contributed by atoms with E-state index in [1.807, 2.05) is 43.3 Å². The van der Waals surface area contributed by atoms with Gasteiger partial charge in [0.2, 0.25) is 0 Å². The topological polar surface area (TPSA) is 42.7 Å². The van der Waals surface area contributed by atoms with E-state index in [1.165, 1.54) is 11.1 Å². The third kappa shape index (κ3) is 2.82. The quantitative estimate of drug-likeness (QED) is 0.847. The summed E-state index contributed by atoms with van der Waals surface area (Å²) in [6.07, 6.45) is 6.75. The van der Waals surface area contributed by atoms with Gasteiger partial charge in [0.25, 0.3) is 0 Å². The van der Waals surface area contributed by atoms with Crippen molar-refractivity contribution in [3.05, 3.63) is 41.9 Å². The molecule has 2 aromatic heterocycles. The Morgan fingerprint density at radius 1 is 1.31 bits per heavy atom. The van der Waals surface area contributed by atoms with Gasteiger partial charge in [-0.1, -0.05) is 6.07 Å². The SMILES string of the molecule is Cc1ccc(NCCc2cnn(C)c2)nc1. The van der Waals surface area contributed by atoms with Crippen molar-refractivity contribution in [1.29, 1.82) is 0 Å². The highest BCUT2D eigenvalue weighted by atomic mass is 15.2. The number of hydrogen-bond donors (Lipinski definition) is 1. The second kappa shape index (κ2) is 4.79. The van der Waals surface area contributed by atoms with E-state index in [4.69, 9.17) is 0 Å². The highest BCUT2D eigenvalue weighted by Crippen LogP contribution is 2.04. The summed E-state index contributed by atoms with van der Waals surface area (Å²) in [5.74, 6) is 0.925. The molecule has 0 aliphatic heterocycles. The van der Waals surface area contributed by atoms with Gasteiger partial charge in [-0.25, -0.2) is 4.98 Å². The maximum atomic E-state index is 4.28. The molecule has 0 amide bonds. The molecule has 0 bridgehead atoms. The summed E-state index contributed by atoms with van der Waals surface area (Å²) in [5.41, 5.74) is 2.42. The lowest BCUT2D eigenvalue weighted by atomic mass is 10.2. The van der Waals surface area contributed by atoms with E-state index in [9.17, 15) is 0 Å². The first-order valence-corrected chi connectivity index (χ1v) is 5.38. The fourth-order valence-electron chi connectivity index (χ4n) is 1.51. The minimum absolute atomic E-state index is 0.877. The Morgan fingerprint density at radius 2 is 2.19 bits per heavy atom. The molecule has 0 fully saturated rings. The Kier molecular flexibility index (Phi) is 3.19. The summed E-state index contributed by atoms with van der Waals surface area (Å²) in [6.45, 7) is 2.91. The smallest absolute Gasteiger partial charge is 0.125 e. The molecule has 0 aromatic carbocycles. The third-order valence-electron chi connectivity index (χ3n) is 2.39. The Balaban J connectivity index is 1.82. The molecule has 0 saturated carbocycles. The Labute approximate surface area is 95.3 Å². The molecule has 0 spiro atoms. The first-order valence-electron chi connectivity index (χ1n) is 5.38. The number of hydrogen-bond acceptors (Lipinski definition) is 3. The van der Waals surface area contributed by atoms with Crippen molar-refractivity contribution < 1.29 is 0 Å². The van der Waals surface area contributed by atoms with E-state index in [0.717, 1.165) is 18.8 Å². The maximum absolute atomic E-state index is 4.28. The summed E-state index contributed by atoms with van der Waals surface area (Å²) in [6, 6.07) is 4.05. The van der Waals surface area contributed by atoms with E-state index in [0.29, 0.717) is 0 Å². The highest BCUT2D eigenvalue weighted by Gasteiger charge is 1.96. The first-order chi connectivity index (χ1) is 7.74. The van der Waals surface area contributed by atoms with Gasteiger partial charge >= 0.3 is 0 Å². The summed E-state index contributed by atoms with van der Waals surface area (Å²) in [5, 5.41) is 7.41. The number of anilines is 1. The molecule has 2 heterocycles. The van der Waals surface area contributed by atoms with Crippen LogP contribution in [0.15, 0.2) is 30.7 Å². The van der Waals surface area contributed by atoms with Crippen molar-refractivity contribution >= 4 is 5.82 Å². The summed E-state index contributed by atoms with van der Waals surface area (Å²) in [7, 11) is 1.93. The molecular weight excluding hydrogens is 200 g/mol. The van der Waals surface area contributed by atoms with Gasteiger partial charge < -0.3 is 5.32 Å². The van der Waals surface area contributed by atoms with Crippen LogP contribution < -0.4 is 5.32 Å². The van der Waals surface area contributed by atoms with Crippen LogP contribution in [0.1, 0.15) is 11.1 Å². The van der Waals surface area contributed by atoms with Crippen LogP contribution in [-0.4, -0.2) is 21.3 Å². The van der Waals surface area contributed by atoms with E-state index in [2.05, 4.69) is 21.5 Å². The molecule has 0 atom stereocenters. The van der Waals surface area contributed by atoms with E-state index >= 15 is 0 Å². The molecule has 1 N–H and O–H groups in total. The number of aryl methyl sites for hydroxylation is 2. The van der Waals surface area contributed by atoms with Gasteiger partial charge in [-0.05, 0) is 30.5 Å². The van der Waals surface area contributed by atoms with Crippen LogP contribution in [0.3, 0.4) is 0 Å². The predicted molar refractivity (Wildman–Crippen MR) is 64.4 cm³/mol. The summed E-state index contributed by atoms with van der Waals surface area (Å²) in [4.78, 5) is 4.28. The zero-order valence-corrected chi connectivity index (χ0v) is 9.64. The number of aromatic nitrogens is 3. The monoisotopic (exact) mass is 216 g/mol. The van der Waals surface area contributed by atoms with Crippen molar-refractivity contribution in [2.45, 2.75) is 13.3 Å². The van der Waals surface area contributed by atoms with Gasteiger partial charge in [-0.15, -0.1) is 0 Å². The number of nitrogens with one attached hydrogen (secondary N) is 1. The lowest BCUT2D eigenvalue weighted by Gasteiger charge is -2.04. The van der Waals surface area contributed by atoms with Crippen LogP contribution in [0.4, 0.5) is 5.82 Å². The fourth-order valence-corrected chi connectivity index (χ4v) is 1.51. The highest BCUT2D eigenvalue weighted by molar-refractivity contribution is 5.35. The molecule has 0 aliphatic carbocycles. The van der Waals surface area contributed by atoms with Crippen LogP contribution in [0.2, 0.25) is 0 Å². The van der Waals surface area contributed by atoms with Gasteiger partial charge in [0, 0.05) is 26.0 Å². The zero-order chi connectivity index (χ0) is 11.4. The molecule has 2 aromatic rings. The lowest BCUT2D eigenvalue weighted by Crippen LogP contribution is -2.05. The minimum atomic E-state index is 0.877. The average molecular weight is 216 g/mol. The normalized spacial score (nSPS) is 10.4. The zero-order valence-electron chi connectivity index (χ0n) is 9.64. The van der Waals surface area contributed by atoms with Crippen LogP contribution in [0.25, 0.3) is 0 Å². The number of nitrogens with zero attached hydrogens (tertiary/aromatic N) is 3. The first kappa shape index (κ1) is 10.7. The van der Waals surface area contributed by atoms with Gasteiger partial charge in [-0.3, -0.25) is 4.68 Å². The van der Waals surface area contributed by atoms with Crippen molar-refractivity contribution in [1.82, 2.24) is 14.8 Å². The van der Waals surface area contributed by atoms with Crippen molar-refractivity contribution in [2.24, 2.45) is 7.05 Å². The molecule has 16 heavy (non-hydrogen) atoms. The molecule has 0 radical (unpaired) electrons. The second-order valence-electron chi connectivity index (χ2n) is 3.92. The predicted octanol–water partition coefficient (Wildman–Crippen LogP) is 1.78. The molecule has 4 nitrogen and oxygen atoms in total. The number of pyridine rings is 1. The standard InChI is InChI=1S/C12H16N4/c1-10-3-4-12(14-7-10)13-6-5-11-8-15-16(2)9-11/h3-4,7-9H,5-6H2,1-2H3,(H,13,14). The minimum Gasteiger partial charge on any atom is -0.370 e.